The Bertz CT molecular complexity index is 928. The molecule has 146 valence electrons. The fourth-order valence-corrected chi connectivity index (χ4v) is 3.37. The summed E-state index contributed by atoms with van der Waals surface area (Å²) in [6.45, 7) is 5.79. The highest BCUT2D eigenvalue weighted by atomic mass is 79.9. The fourth-order valence-electron chi connectivity index (χ4n) is 2.79. The van der Waals surface area contributed by atoms with Crippen molar-refractivity contribution in [3.8, 4) is 11.5 Å². The summed E-state index contributed by atoms with van der Waals surface area (Å²) in [5.41, 5.74) is 4.47. The summed E-state index contributed by atoms with van der Waals surface area (Å²) < 4.78 is 12.9. The molecule has 0 aromatic heterocycles. The van der Waals surface area contributed by atoms with E-state index in [1.807, 2.05) is 55.5 Å². The molecule has 0 fully saturated rings. The van der Waals surface area contributed by atoms with Crippen molar-refractivity contribution in [2.24, 2.45) is 0 Å². The maximum Gasteiger partial charge on any atom is 0.162 e. The molecule has 1 N–H and O–H groups in total. The molecule has 0 saturated carbocycles. The smallest absolute Gasteiger partial charge is 0.162 e. The van der Waals surface area contributed by atoms with Gasteiger partial charge in [-0.15, -0.1) is 0 Å². The largest absolute Gasteiger partial charge is 0.490 e. The van der Waals surface area contributed by atoms with Gasteiger partial charge < -0.3 is 14.8 Å². The minimum Gasteiger partial charge on any atom is -0.490 e. The van der Waals surface area contributed by atoms with Crippen LogP contribution in [-0.2, 0) is 13.2 Å². The minimum absolute atomic E-state index is 0.502. The number of anilines is 1. The van der Waals surface area contributed by atoms with Crippen LogP contribution in [0.5, 0.6) is 11.5 Å². The van der Waals surface area contributed by atoms with Gasteiger partial charge in [0.1, 0.15) is 6.61 Å². The molecule has 3 aromatic carbocycles. The zero-order chi connectivity index (χ0) is 19.9. The molecule has 3 rings (SSSR count). The van der Waals surface area contributed by atoms with Gasteiger partial charge in [0.2, 0.25) is 0 Å². The van der Waals surface area contributed by atoms with Gasteiger partial charge in [-0.3, -0.25) is 0 Å². The van der Waals surface area contributed by atoms with Crippen LogP contribution >= 0.6 is 27.5 Å². The van der Waals surface area contributed by atoms with Gasteiger partial charge in [-0.05, 0) is 66.9 Å². The number of benzene rings is 3. The van der Waals surface area contributed by atoms with E-state index in [0.717, 1.165) is 37.8 Å². The van der Waals surface area contributed by atoms with Crippen molar-refractivity contribution >= 4 is 33.2 Å². The van der Waals surface area contributed by atoms with E-state index in [1.54, 1.807) is 0 Å². The lowest BCUT2D eigenvalue weighted by Gasteiger charge is -2.16. The maximum absolute atomic E-state index is 6.08. The summed E-state index contributed by atoms with van der Waals surface area (Å²) in [7, 11) is 0. The van der Waals surface area contributed by atoms with Crippen molar-refractivity contribution in [3.05, 3.63) is 86.8 Å². The van der Waals surface area contributed by atoms with Crippen LogP contribution in [0.15, 0.2) is 65.1 Å². The third kappa shape index (κ3) is 5.43. The fraction of sp³-hybridized carbons (Fsp3) is 0.217. The average Bonchev–Trinajstić information content (AvgIpc) is 2.69. The van der Waals surface area contributed by atoms with Crippen LogP contribution in [0, 0.1) is 6.92 Å². The second-order valence-electron chi connectivity index (χ2n) is 6.40. The summed E-state index contributed by atoms with van der Waals surface area (Å²) in [5.74, 6) is 1.47. The Hall–Kier alpha value is -2.17. The first-order chi connectivity index (χ1) is 13.6. The third-order valence-electron chi connectivity index (χ3n) is 4.38. The van der Waals surface area contributed by atoms with E-state index in [9.17, 15) is 0 Å². The van der Waals surface area contributed by atoms with Crippen molar-refractivity contribution in [1.82, 2.24) is 0 Å². The molecule has 0 atom stereocenters. The van der Waals surface area contributed by atoms with Crippen molar-refractivity contribution in [1.29, 1.82) is 0 Å². The number of hydrogen-bond donors (Lipinski definition) is 1. The van der Waals surface area contributed by atoms with Gasteiger partial charge in [0.05, 0.1) is 6.61 Å². The normalized spacial score (nSPS) is 10.6. The molecular formula is C23H23BrClNO2. The van der Waals surface area contributed by atoms with E-state index >= 15 is 0 Å². The Morgan fingerprint density at radius 2 is 1.64 bits per heavy atom. The quantitative estimate of drug-likeness (QED) is 0.392. The predicted octanol–water partition coefficient (Wildman–Crippen LogP) is 7.00. The van der Waals surface area contributed by atoms with E-state index in [1.165, 1.54) is 5.56 Å². The van der Waals surface area contributed by atoms with Gasteiger partial charge in [0.15, 0.2) is 11.5 Å². The van der Waals surface area contributed by atoms with E-state index in [0.29, 0.717) is 19.8 Å². The van der Waals surface area contributed by atoms with E-state index in [-0.39, 0.29) is 0 Å². The highest BCUT2D eigenvalue weighted by molar-refractivity contribution is 9.10. The lowest BCUT2D eigenvalue weighted by molar-refractivity contribution is 0.268. The third-order valence-corrected chi connectivity index (χ3v) is 5.37. The molecule has 0 amide bonds. The highest BCUT2D eigenvalue weighted by Gasteiger charge is 2.12. The first kappa shape index (κ1) is 20.6. The number of rotatable bonds is 8. The number of ether oxygens (including phenoxy) is 2. The molecule has 3 nitrogen and oxygen atoms in total. The second-order valence-corrected chi connectivity index (χ2v) is 7.69. The van der Waals surface area contributed by atoms with Gasteiger partial charge in [0.25, 0.3) is 0 Å². The number of nitrogens with one attached hydrogen (secondary N) is 1. The molecule has 0 bridgehead atoms. The maximum atomic E-state index is 6.08. The Balaban J connectivity index is 1.75. The summed E-state index contributed by atoms with van der Waals surface area (Å²) >= 11 is 9.61. The van der Waals surface area contributed by atoms with Gasteiger partial charge >= 0.3 is 0 Å². The molecule has 0 radical (unpaired) electrons. The second kappa shape index (κ2) is 9.85. The van der Waals surface area contributed by atoms with Gasteiger partial charge in [0, 0.05) is 21.7 Å². The van der Waals surface area contributed by atoms with Crippen LogP contribution in [-0.4, -0.2) is 6.61 Å². The van der Waals surface area contributed by atoms with Crippen molar-refractivity contribution in [2.45, 2.75) is 27.0 Å². The molecule has 0 aliphatic rings. The molecule has 0 heterocycles. The molecule has 5 heteroatoms. The van der Waals surface area contributed by atoms with Gasteiger partial charge in [-0.1, -0.05) is 51.8 Å². The zero-order valence-corrected chi connectivity index (χ0v) is 18.3. The first-order valence-electron chi connectivity index (χ1n) is 9.18. The summed E-state index contributed by atoms with van der Waals surface area (Å²) in [4.78, 5) is 0. The summed E-state index contributed by atoms with van der Waals surface area (Å²) in [6, 6.07) is 19.9. The lowest BCUT2D eigenvalue weighted by atomic mass is 10.1. The average molecular weight is 461 g/mol. The molecular weight excluding hydrogens is 438 g/mol. The summed E-state index contributed by atoms with van der Waals surface area (Å²) in [6.07, 6.45) is 0. The van der Waals surface area contributed by atoms with Crippen molar-refractivity contribution in [2.75, 3.05) is 11.9 Å². The van der Waals surface area contributed by atoms with Gasteiger partial charge in [-0.2, -0.15) is 0 Å². The van der Waals surface area contributed by atoms with Crippen LogP contribution in [0.1, 0.15) is 23.6 Å². The van der Waals surface area contributed by atoms with E-state index in [4.69, 9.17) is 21.1 Å². The Morgan fingerprint density at radius 1 is 0.929 bits per heavy atom. The Kier molecular flexibility index (Phi) is 7.24. The number of halogens is 2. The molecule has 28 heavy (non-hydrogen) atoms. The Labute approximate surface area is 179 Å². The van der Waals surface area contributed by atoms with Crippen LogP contribution in [0.25, 0.3) is 0 Å². The standard InChI is InChI=1S/C23H23BrClNO2/c1-3-27-22-12-18(14-26-20-10-8-19(25)9-11-20)21(24)13-23(22)28-15-17-7-5-4-6-16(17)2/h4-13,26H,3,14-15H2,1-2H3. The molecule has 0 spiro atoms. The van der Waals surface area contributed by atoms with Crippen molar-refractivity contribution in [3.63, 3.8) is 0 Å². The lowest BCUT2D eigenvalue weighted by Crippen LogP contribution is -2.04. The van der Waals surface area contributed by atoms with E-state index in [2.05, 4.69) is 40.3 Å². The zero-order valence-electron chi connectivity index (χ0n) is 16.0. The predicted molar refractivity (Wildman–Crippen MR) is 120 cm³/mol. The van der Waals surface area contributed by atoms with Gasteiger partial charge in [-0.25, -0.2) is 0 Å². The molecule has 0 aliphatic carbocycles. The SMILES string of the molecule is CCOc1cc(CNc2ccc(Cl)cc2)c(Br)cc1OCc1ccccc1C. The number of hydrogen-bond acceptors (Lipinski definition) is 3. The van der Waals surface area contributed by atoms with Crippen LogP contribution in [0.3, 0.4) is 0 Å². The molecule has 0 saturated heterocycles. The number of aryl methyl sites for hydroxylation is 1. The minimum atomic E-state index is 0.502. The molecule has 3 aromatic rings. The monoisotopic (exact) mass is 459 g/mol. The van der Waals surface area contributed by atoms with E-state index < -0.39 is 0 Å². The molecule has 0 unspecified atom stereocenters. The molecule has 0 aliphatic heterocycles. The summed E-state index contributed by atoms with van der Waals surface area (Å²) in [5, 5.41) is 4.12. The topological polar surface area (TPSA) is 30.5 Å². The van der Waals surface area contributed by atoms with Crippen molar-refractivity contribution < 1.29 is 9.47 Å². The Morgan fingerprint density at radius 3 is 2.36 bits per heavy atom. The highest BCUT2D eigenvalue weighted by Crippen LogP contribution is 2.35. The van der Waals surface area contributed by atoms with Crippen LogP contribution in [0.4, 0.5) is 5.69 Å². The van der Waals surface area contributed by atoms with Crippen LogP contribution < -0.4 is 14.8 Å². The first-order valence-corrected chi connectivity index (χ1v) is 10.4. The van der Waals surface area contributed by atoms with Crippen LogP contribution in [0.2, 0.25) is 5.02 Å².